The molecular formula is C22H23FN6O2. The highest BCUT2D eigenvalue weighted by Crippen LogP contribution is 2.26. The van der Waals surface area contributed by atoms with Gasteiger partial charge in [-0.25, -0.2) is 14.4 Å². The van der Waals surface area contributed by atoms with Crippen LogP contribution in [0.5, 0.6) is 0 Å². The van der Waals surface area contributed by atoms with Gasteiger partial charge in [-0.1, -0.05) is 12.1 Å². The molecule has 0 unspecified atom stereocenters. The summed E-state index contributed by atoms with van der Waals surface area (Å²) >= 11 is 0. The summed E-state index contributed by atoms with van der Waals surface area (Å²) in [5, 5.41) is 2.62. The lowest BCUT2D eigenvalue weighted by Crippen LogP contribution is -2.42. The molecule has 0 spiro atoms. The van der Waals surface area contributed by atoms with Crippen LogP contribution in [-0.2, 0) is 9.53 Å². The maximum atomic E-state index is 13.8. The molecule has 3 N–H and O–H groups in total. The summed E-state index contributed by atoms with van der Waals surface area (Å²) < 4.78 is 19.7. The standard InChI is InChI=1S/C22H23FN6O2/c1-14-8-15(16-10-25-22(24)26-11-16)9-19(27-14)20-12-29(6-7-31-20)13-21(30)28-18-5-3-2-4-17(18)23/h2-5,8-11,20H,6-7,12-13H2,1H3,(H,28,30)(H2,24,25,26)/t20-/m1/s1. The van der Waals surface area contributed by atoms with E-state index in [-0.39, 0.29) is 30.2 Å². The number of nitrogen functional groups attached to an aromatic ring is 1. The van der Waals surface area contributed by atoms with E-state index in [1.165, 1.54) is 12.1 Å². The first kappa shape index (κ1) is 20.8. The number of aromatic nitrogens is 3. The van der Waals surface area contributed by atoms with Gasteiger partial charge in [0.15, 0.2) is 0 Å². The third-order valence-electron chi connectivity index (χ3n) is 4.97. The second-order valence-electron chi connectivity index (χ2n) is 7.37. The van der Waals surface area contributed by atoms with Crippen LogP contribution in [0.4, 0.5) is 16.0 Å². The summed E-state index contributed by atoms with van der Waals surface area (Å²) in [5.41, 5.74) is 9.11. The average Bonchev–Trinajstić information content (AvgIpc) is 2.75. The number of rotatable bonds is 5. The zero-order valence-electron chi connectivity index (χ0n) is 17.1. The Kier molecular flexibility index (Phi) is 6.15. The van der Waals surface area contributed by atoms with Gasteiger partial charge in [0, 0.05) is 36.7 Å². The summed E-state index contributed by atoms with van der Waals surface area (Å²) in [7, 11) is 0. The van der Waals surface area contributed by atoms with E-state index in [1.54, 1.807) is 24.5 Å². The van der Waals surface area contributed by atoms with Crippen LogP contribution in [0.2, 0.25) is 0 Å². The van der Waals surface area contributed by atoms with Gasteiger partial charge in [0.05, 0.1) is 24.5 Å². The average molecular weight is 422 g/mol. The number of aryl methyl sites for hydroxylation is 1. The summed E-state index contributed by atoms with van der Waals surface area (Å²) in [6.45, 7) is 3.62. The minimum Gasteiger partial charge on any atom is -0.369 e. The number of anilines is 2. The quantitative estimate of drug-likeness (QED) is 0.651. The van der Waals surface area contributed by atoms with Gasteiger partial charge in [-0.15, -0.1) is 0 Å². The summed E-state index contributed by atoms with van der Waals surface area (Å²) in [6.07, 6.45) is 3.05. The fourth-order valence-electron chi connectivity index (χ4n) is 3.49. The van der Waals surface area contributed by atoms with E-state index in [0.29, 0.717) is 19.7 Å². The Labute approximate surface area is 179 Å². The lowest BCUT2D eigenvalue weighted by atomic mass is 10.1. The number of morpholine rings is 1. The van der Waals surface area contributed by atoms with Crippen molar-refractivity contribution in [3.63, 3.8) is 0 Å². The molecule has 0 saturated carbocycles. The van der Waals surface area contributed by atoms with Gasteiger partial charge < -0.3 is 15.8 Å². The van der Waals surface area contributed by atoms with Gasteiger partial charge in [-0.3, -0.25) is 14.7 Å². The van der Waals surface area contributed by atoms with E-state index < -0.39 is 5.82 Å². The molecule has 0 radical (unpaired) electrons. The maximum Gasteiger partial charge on any atom is 0.238 e. The largest absolute Gasteiger partial charge is 0.369 e. The molecule has 9 heteroatoms. The fourth-order valence-corrected chi connectivity index (χ4v) is 3.49. The van der Waals surface area contributed by atoms with Gasteiger partial charge in [0.1, 0.15) is 11.9 Å². The van der Waals surface area contributed by atoms with Gasteiger partial charge in [-0.05, 0) is 36.8 Å². The number of nitrogens with one attached hydrogen (secondary N) is 1. The maximum absolute atomic E-state index is 13.8. The van der Waals surface area contributed by atoms with E-state index in [0.717, 1.165) is 22.5 Å². The Morgan fingerprint density at radius 2 is 2.03 bits per heavy atom. The first-order valence-electron chi connectivity index (χ1n) is 9.93. The van der Waals surface area contributed by atoms with Crippen molar-refractivity contribution in [1.82, 2.24) is 19.9 Å². The number of ether oxygens (including phenoxy) is 1. The van der Waals surface area contributed by atoms with Crippen LogP contribution in [-0.4, -0.2) is 52.0 Å². The van der Waals surface area contributed by atoms with Crippen LogP contribution < -0.4 is 11.1 Å². The monoisotopic (exact) mass is 422 g/mol. The first-order valence-corrected chi connectivity index (χ1v) is 9.93. The van der Waals surface area contributed by atoms with Gasteiger partial charge in [0.2, 0.25) is 11.9 Å². The Morgan fingerprint density at radius 1 is 1.26 bits per heavy atom. The number of para-hydroxylation sites is 1. The summed E-state index contributed by atoms with van der Waals surface area (Å²) in [4.78, 5) is 27.1. The molecule has 1 atom stereocenters. The molecule has 3 aromatic rings. The topological polar surface area (TPSA) is 106 Å². The van der Waals surface area contributed by atoms with Crippen molar-refractivity contribution in [3.8, 4) is 11.1 Å². The smallest absolute Gasteiger partial charge is 0.238 e. The third-order valence-corrected chi connectivity index (χ3v) is 4.97. The molecule has 4 rings (SSSR count). The van der Waals surface area contributed by atoms with Crippen LogP contribution in [0, 0.1) is 12.7 Å². The van der Waals surface area contributed by atoms with Gasteiger partial charge in [-0.2, -0.15) is 0 Å². The number of nitrogens with two attached hydrogens (primary N) is 1. The fraction of sp³-hybridized carbons (Fsp3) is 0.273. The second kappa shape index (κ2) is 9.15. The van der Waals surface area contributed by atoms with E-state index in [2.05, 4.69) is 20.3 Å². The minimum absolute atomic E-state index is 0.138. The van der Waals surface area contributed by atoms with Crippen molar-refractivity contribution in [2.75, 3.05) is 37.3 Å². The number of benzene rings is 1. The molecule has 2 aromatic heterocycles. The van der Waals surface area contributed by atoms with Crippen LogP contribution in [0.3, 0.4) is 0 Å². The van der Waals surface area contributed by atoms with Gasteiger partial charge in [0.25, 0.3) is 0 Å². The van der Waals surface area contributed by atoms with E-state index in [9.17, 15) is 9.18 Å². The van der Waals surface area contributed by atoms with Crippen LogP contribution in [0.15, 0.2) is 48.8 Å². The highest BCUT2D eigenvalue weighted by molar-refractivity contribution is 5.92. The van der Waals surface area contributed by atoms with Crippen molar-refractivity contribution in [2.45, 2.75) is 13.0 Å². The van der Waals surface area contributed by atoms with Crippen molar-refractivity contribution < 1.29 is 13.9 Å². The molecule has 160 valence electrons. The Morgan fingerprint density at radius 3 is 2.81 bits per heavy atom. The molecule has 1 aliphatic rings. The lowest BCUT2D eigenvalue weighted by molar-refractivity contribution is -0.119. The van der Waals surface area contributed by atoms with Crippen molar-refractivity contribution in [3.05, 3.63) is 66.0 Å². The van der Waals surface area contributed by atoms with E-state index in [1.807, 2.05) is 24.0 Å². The van der Waals surface area contributed by atoms with Crippen LogP contribution >= 0.6 is 0 Å². The van der Waals surface area contributed by atoms with E-state index >= 15 is 0 Å². The highest BCUT2D eigenvalue weighted by Gasteiger charge is 2.25. The molecule has 31 heavy (non-hydrogen) atoms. The predicted octanol–water partition coefficient (Wildman–Crippen LogP) is 2.58. The molecule has 1 fully saturated rings. The highest BCUT2D eigenvalue weighted by atomic mass is 19.1. The molecule has 1 aliphatic heterocycles. The normalized spacial score (nSPS) is 16.8. The summed E-state index contributed by atoms with van der Waals surface area (Å²) in [6, 6.07) is 9.99. The second-order valence-corrected chi connectivity index (χ2v) is 7.37. The number of hydrogen-bond donors (Lipinski definition) is 2. The third kappa shape index (κ3) is 5.19. The van der Waals surface area contributed by atoms with Gasteiger partial charge >= 0.3 is 0 Å². The zero-order valence-corrected chi connectivity index (χ0v) is 17.1. The molecule has 3 heterocycles. The predicted molar refractivity (Wildman–Crippen MR) is 115 cm³/mol. The Balaban J connectivity index is 1.45. The number of hydrogen-bond acceptors (Lipinski definition) is 7. The number of pyridine rings is 1. The number of carbonyl (C=O) groups excluding carboxylic acids is 1. The molecule has 1 aromatic carbocycles. The molecule has 8 nitrogen and oxygen atoms in total. The molecule has 0 bridgehead atoms. The Hall–Kier alpha value is -3.43. The number of carbonyl (C=O) groups is 1. The molecular weight excluding hydrogens is 399 g/mol. The number of amides is 1. The van der Waals surface area contributed by atoms with Crippen LogP contribution in [0.1, 0.15) is 17.5 Å². The molecule has 0 aliphatic carbocycles. The molecule has 1 saturated heterocycles. The van der Waals surface area contributed by atoms with Crippen LogP contribution in [0.25, 0.3) is 11.1 Å². The summed E-state index contributed by atoms with van der Waals surface area (Å²) in [5.74, 6) is -0.517. The lowest BCUT2D eigenvalue weighted by Gasteiger charge is -2.32. The number of nitrogens with zero attached hydrogens (tertiary/aromatic N) is 4. The Bertz CT molecular complexity index is 1080. The van der Waals surface area contributed by atoms with Crippen molar-refractivity contribution in [1.29, 1.82) is 0 Å². The number of halogens is 1. The minimum atomic E-state index is -0.459. The molecule has 1 amide bonds. The van der Waals surface area contributed by atoms with E-state index in [4.69, 9.17) is 10.5 Å². The SMILES string of the molecule is Cc1cc(-c2cnc(N)nc2)cc([C@H]2CN(CC(=O)Nc3ccccc3F)CCO2)n1. The zero-order chi connectivity index (χ0) is 21.8. The van der Waals surface area contributed by atoms with Crippen molar-refractivity contribution >= 4 is 17.5 Å². The first-order chi connectivity index (χ1) is 15.0. The van der Waals surface area contributed by atoms with Crippen molar-refractivity contribution in [2.24, 2.45) is 0 Å².